The Morgan fingerprint density at radius 3 is 2.32 bits per heavy atom. The molecular formula is C19H35N5O. The highest BCUT2D eigenvalue weighted by molar-refractivity contribution is 5.03. The molecule has 0 N–H and O–H groups in total. The van der Waals surface area contributed by atoms with Crippen LogP contribution in [0.15, 0.2) is 0 Å². The van der Waals surface area contributed by atoms with E-state index in [1.165, 1.54) is 44.7 Å². The number of aromatic nitrogens is 3. The fraction of sp³-hybridized carbons (Fsp3) is 0.895. The van der Waals surface area contributed by atoms with E-state index < -0.39 is 0 Å². The molecule has 0 unspecified atom stereocenters. The van der Waals surface area contributed by atoms with Crippen LogP contribution in [0.3, 0.4) is 0 Å². The standard InChI is InChI=1S/C19H35N5O/c1-19(2,3)7-10-23-8-5-16(6-9-23)18-21-20-17(22(18)4)15-24-11-13-25-14-12-24/h16H,5-15H2,1-4H3. The molecule has 2 aliphatic heterocycles. The summed E-state index contributed by atoms with van der Waals surface area (Å²) < 4.78 is 7.67. The summed E-state index contributed by atoms with van der Waals surface area (Å²) in [5.74, 6) is 2.83. The molecule has 0 radical (unpaired) electrons. The van der Waals surface area contributed by atoms with Gasteiger partial charge in [0.1, 0.15) is 11.6 Å². The Balaban J connectivity index is 1.51. The number of hydrogen-bond donors (Lipinski definition) is 0. The molecule has 0 atom stereocenters. The second kappa shape index (κ2) is 8.14. The van der Waals surface area contributed by atoms with Gasteiger partial charge in [0.15, 0.2) is 0 Å². The molecule has 2 aliphatic rings. The van der Waals surface area contributed by atoms with Crippen molar-refractivity contribution < 1.29 is 4.74 Å². The largest absolute Gasteiger partial charge is 0.379 e. The lowest BCUT2D eigenvalue weighted by Crippen LogP contribution is -2.36. The van der Waals surface area contributed by atoms with Crippen LogP contribution in [0.4, 0.5) is 0 Å². The van der Waals surface area contributed by atoms with Crippen molar-refractivity contribution in [3.8, 4) is 0 Å². The number of morpholine rings is 1. The van der Waals surface area contributed by atoms with Gasteiger partial charge < -0.3 is 14.2 Å². The third-order valence-corrected chi connectivity index (χ3v) is 5.60. The number of nitrogens with zero attached hydrogens (tertiary/aromatic N) is 5. The molecule has 1 aromatic rings. The van der Waals surface area contributed by atoms with Crippen molar-refractivity contribution in [2.24, 2.45) is 12.5 Å². The van der Waals surface area contributed by atoms with Crippen molar-refractivity contribution in [2.75, 3.05) is 45.9 Å². The maximum absolute atomic E-state index is 5.43. The molecule has 6 heteroatoms. The van der Waals surface area contributed by atoms with Crippen LogP contribution < -0.4 is 0 Å². The van der Waals surface area contributed by atoms with Gasteiger partial charge in [-0.3, -0.25) is 4.90 Å². The number of likely N-dealkylation sites (tertiary alicyclic amines) is 1. The van der Waals surface area contributed by atoms with Crippen molar-refractivity contribution in [3.63, 3.8) is 0 Å². The molecule has 6 nitrogen and oxygen atoms in total. The summed E-state index contributed by atoms with van der Waals surface area (Å²) in [6.07, 6.45) is 3.67. The highest BCUT2D eigenvalue weighted by Gasteiger charge is 2.26. The Morgan fingerprint density at radius 2 is 1.68 bits per heavy atom. The van der Waals surface area contributed by atoms with Crippen molar-refractivity contribution in [2.45, 2.75) is 52.5 Å². The van der Waals surface area contributed by atoms with Gasteiger partial charge in [0.2, 0.25) is 0 Å². The molecule has 0 spiro atoms. The summed E-state index contributed by atoms with van der Waals surface area (Å²) in [4.78, 5) is 5.03. The highest BCUT2D eigenvalue weighted by Crippen LogP contribution is 2.28. The number of rotatable bonds is 5. The van der Waals surface area contributed by atoms with E-state index in [4.69, 9.17) is 4.74 Å². The van der Waals surface area contributed by atoms with Gasteiger partial charge in [-0.2, -0.15) is 0 Å². The van der Waals surface area contributed by atoms with Crippen LogP contribution >= 0.6 is 0 Å². The third kappa shape index (κ3) is 5.25. The molecule has 0 amide bonds. The van der Waals surface area contributed by atoms with Crippen molar-refractivity contribution in [3.05, 3.63) is 11.6 Å². The number of hydrogen-bond acceptors (Lipinski definition) is 5. The molecule has 3 heterocycles. The van der Waals surface area contributed by atoms with E-state index in [1.54, 1.807) is 0 Å². The first-order valence-corrected chi connectivity index (χ1v) is 9.83. The number of ether oxygens (including phenoxy) is 1. The molecule has 3 rings (SSSR count). The van der Waals surface area contributed by atoms with Crippen molar-refractivity contribution in [1.82, 2.24) is 24.6 Å². The summed E-state index contributed by atoms with van der Waals surface area (Å²) >= 11 is 0. The maximum Gasteiger partial charge on any atom is 0.146 e. The van der Waals surface area contributed by atoms with Crippen LogP contribution in [0.5, 0.6) is 0 Å². The number of piperidine rings is 1. The van der Waals surface area contributed by atoms with Gasteiger partial charge in [0.25, 0.3) is 0 Å². The predicted octanol–water partition coefficient (Wildman–Crippen LogP) is 2.26. The minimum absolute atomic E-state index is 0.425. The zero-order valence-corrected chi connectivity index (χ0v) is 16.5. The van der Waals surface area contributed by atoms with E-state index in [-0.39, 0.29) is 0 Å². The quantitative estimate of drug-likeness (QED) is 0.816. The molecule has 2 fully saturated rings. The SMILES string of the molecule is Cn1c(CN2CCOCC2)nnc1C1CCN(CCC(C)(C)C)CC1. The monoisotopic (exact) mass is 349 g/mol. The smallest absolute Gasteiger partial charge is 0.146 e. The first-order valence-electron chi connectivity index (χ1n) is 9.83. The summed E-state index contributed by atoms with van der Waals surface area (Å²) in [6.45, 7) is 15.1. The van der Waals surface area contributed by atoms with Crippen LogP contribution in [-0.4, -0.2) is 70.5 Å². The van der Waals surface area contributed by atoms with E-state index in [2.05, 4.69) is 52.4 Å². The summed E-state index contributed by atoms with van der Waals surface area (Å²) in [5, 5.41) is 9.04. The highest BCUT2D eigenvalue weighted by atomic mass is 16.5. The topological polar surface area (TPSA) is 46.4 Å². The average Bonchev–Trinajstić information content (AvgIpc) is 2.95. The predicted molar refractivity (Wildman–Crippen MR) is 99.6 cm³/mol. The Bertz CT molecular complexity index is 536. The molecule has 0 saturated carbocycles. The van der Waals surface area contributed by atoms with Crippen LogP contribution in [0.25, 0.3) is 0 Å². The normalized spacial score (nSPS) is 21.8. The Labute approximate surface area is 152 Å². The lowest BCUT2D eigenvalue weighted by molar-refractivity contribution is 0.0326. The summed E-state index contributed by atoms with van der Waals surface area (Å²) in [5.41, 5.74) is 0.425. The molecule has 0 aromatic carbocycles. The molecule has 0 bridgehead atoms. The Hall–Kier alpha value is -0.980. The molecule has 2 saturated heterocycles. The van der Waals surface area contributed by atoms with Gasteiger partial charge in [-0.05, 0) is 44.3 Å². The van der Waals surface area contributed by atoms with E-state index in [0.717, 1.165) is 38.7 Å². The van der Waals surface area contributed by atoms with Crippen LogP contribution in [-0.2, 0) is 18.3 Å². The van der Waals surface area contributed by atoms with Gasteiger partial charge in [-0.25, -0.2) is 0 Å². The van der Waals surface area contributed by atoms with E-state index in [1.807, 2.05) is 0 Å². The minimum atomic E-state index is 0.425. The van der Waals surface area contributed by atoms with Gasteiger partial charge in [0.05, 0.1) is 19.8 Å². The van der Waals surface area contributed by atoms with E-state index in [0.29, 0.717) is 11.3 Å². The van der Waals surface area contributed by atoms with Gasteiger partial charge in [0, 0.05) is 26.1 Å². The maximum atomic E-state index is 5.43. The first kappa shape index (κ1) is 18.8. The van der Waals surface area contributed by atoms with Crippen molar-refractivity contribution >= 4 is 0 Å². The second-order valence-corrected chi connectivity index (χ2v) is 8.85. The molecule has 1 aromatic heterocycles. The fourth-order valence-corrected chi connectivity index (χ4v) is 3.74. The molecular weight excluding hydrogens is 314 g/mol. The zero-order chi connectivity index (χ0) is 17.9. The zero-order valence-electron chi connectivity index (χ0n) is 16.5. The summed E-state index contributed by atoms with van der Waals surface area (Å²) in [7, 11) is 2.14. The Kier molecular flexibility index (Phi) is 6.12. The second-order valence-electron chi connectivity index (χ2n) is 8.85. The molecule has 0 aliphatic carbocycles. The van der Waals surface area contributed by atoms with Gasteiger partial charge in [-0.15, -0.1) is 10.2 Å². The minimum Gasteiger partial charge on any atom is -0.379 e. The van der Waals surface area contributed by atoms with E-state index >= 15 is 0 Å². The van der Waals surface area contributed by atoms with E-state index in [9.17, 15) is 0 Å². The average molecular weight is 350 g/mol. The van der Waals surface area contributed by atoms with Crippen LogP contribution in [0.1, 0.15) is 57.6 Å². The summed E-state index contributed by atoms with van der Waals surface area (Å²) in [6, 6.07) is 0. The third-order valence-electron chi connectivity index (χ3n) is 5.60. The fourth-order valence-electron chi connectivity index (χ4n) is 3.74. The first-order chi connectivity index (χ1) is 11.9. The van der Waals surface area contributed by atoms with Gasteiger partial charge in [-0.1, -0.05) is 20.8 Å². The van der Waals surface area contributed by atoms with Gasteiger partial charge >= 0.3 is 0 Å². The van der Waals surface area contributed by atoms with Crippen molar-refractivity contribution in [1.29, 1.82) is 0 Å². The molecule has 25 heavy (non-hydrogen) atoms. The van der Waals surface area contributed by atoms with Crippen LogP contribution in [0, 0.1) is 5.41 Å². The molecule has 142 valence electrons. The lowest BCUT2D eigenvalue weighted by atomic mass is 9.90. The Morgan fingerprint density at radius 1 is 1.00 bits per heavy atom. The van der Waals surface area contributed by atoms with Crippen LogP contribution in [0.2, 0.25) is 0 Å². The lowest BCUT2D eigenvalue weighted by Gasteiger charge is -2.33.